The van der Waals surface area contributed by atoms with Gasteiger partial charge in [-0.1, -0.05) is 0 Å². The number of ether oxygens (including phenoxy) is 11. The summed E-state index contributed by atoms with van der Waals surface area (Å²) in [6.07, 6.45) is -43.9. The summed E-state index contributed by atoms with van der Waals surface area (Å²) in [6.45, 7) is -3.62. The molecule has 15 N–H and O–H groups in total. The normalized spacial score (nSPS) is 54.1. The van der Waals surface area contributed by atoms with Crippen molar-refractivity contribution < 1.29 is 129 Å². The fourth-order valence-corrected chi connectivity index (χ4v) is 7.00. The second kappa shape index (κ2) is 19.3. The van der Waals surface area contributed by atoms with Crippen molar-refractivity contribution in [2.45, 2.75) is 154 Å². The molecule has 6 rings (SSSR count). The maximum atomic E-state index is 11.1. The lowest BCUT2D eigenvalue weighted by atomic mass is 9.98. The Labute approximate surface area is 322 Å². The van der Waals surface area contributed by atoms with Crippen LogP contribution in [0.5, 0.6) is 0 Å². The highest BCUT2D eigenvalue weighted by Gasteiger charge is 2.54. The van der Waals surface area contributed by atoms with Crippen LogP contribution in [0.3, 0.4) is 0 Å². The molecule has 57 heavy (non-hydrogen) atoms. The summed E-state index contributed by atoms with van der Waals surface area (Å²) >= 11 is 0. The number of hydrogen-bond acceptors (Lipinski definition) is 26. The third kappa shape index (κ3) is 9.72. The SMILES string of the molecule is OCC1OC(O)C(OC2OCC(O)C(O)C2OC2OCC(O)C(O)C2OC2OCC(O)C(O)C2OC2OCC(O)C(O)C2OC2OCC(O)C(O)C2O)C(O)C1O. The molecule has 25 atom stereocenters. The molecule has 6 heterocycles. The molecule has 0 bridgehead atoms. The van der Waals surface area contributed by atoms with Crippen molar-refractivity contribution in [3.63, 3.8) is 0 Å². The molecule has 25 unspecified atom stereocenters. The second-order valence-electron chi connectivity index (χ2n) is 14.5. The number of rotatable bonds is 11. The molecular weight excluding hydrogens is 788 g/mol. The largest absolute Gasteiger partial charge is 0.394 e. The van der Waals surface area contributed by atoms with Gasteiger partial charge in [-0.3, -0.25) is 0 Å². The van der Waals surface area contributed by atoms with Gasteiger partial charge >= 0.3 is 0 Å². The van der Waals surface area contributed by atoms with Crippen LogP contribution in [0.2, 0.25) is 0 Å². The Hall–Kier alpha value is -1.04. The first-order valence-electron chi connectivity index (χ1n) is 18.2. The van der Waals surface area contributed by atoms with Gasteiger partial charge in [0.05, 0.1) is 39.6 Å². The molecule has 0 spiro atoms. The van der Waals surface area contributed by atoms with Crippen molar-refractivity contribution in [2.24, 2.45) is 0 Å². The van der Waals surface area contributed by atoms with Crippen LogP contribution >= 0.6 is 0 Å². The Balaban J connectivity index is 1.20. The van der Waals surface area contributed by atoms with Gasteiger partial charge in [-0.2, -0.15) is 0 Å². The smallest absolute Gasteiger partial charge is 0.187 e. The van der Waals surface area contributed by atoms with Crippen molar-refractivity contribution in [1.29, 1.82) is 0 Å². The van der Waals surface area contributed by atoms with Crippen LogP contribution in [-0.2, 0) is 52.1 Å². The van der Waals surface area contributed by atoms with Gasteiger partial charge in [0.1, 0.15) is 116 Å². The van der Waals surface area contributed by atoms with E-state index >= 15 is 0 Å². The average Bonchev–Trinajstić information content (AvgIpc) is 3.18. The molecule has 0 amide bonds. The highest BCUT2D eigenvalue weighted by Crippen LogP contribution is 2.34. The Morgan fingerprint density at radius 1 is 0.333 bits per heavy atom. The zero-order valence-electron chi connectivity index (χ0n) is 29.9. The molecule has 6 saturated heterocycles. The van der Waals surface area contributed by atoms with Gasteiger partial charge in [-0.15, -0.1) is 0 Å². The van der Waals surface area contributed by atoms with Crippen molar-refractivity contribution in [1.82, 2.24) is 0 Å². The van der Waals surface area contributed by atoms with Crippen LogP contribution in [0, 0.1) is 0 Å². The molecule has 6 aliphatic rings. The van der Waals surface area contributed by atoms with E-state index in [-0.39, 0.29) is 0 Å². The summed E-state index contributed by atoms with van der Waals surface area (Å²) in [6, 6.07) is 0. The highest BCUT2D eigenvalue weighted by atomic mass is 16.8. The number of aliphatic hydroxyl groups excluding tert-OH is 15. The number of aliphatic hydroxyl groups is 15. The van der Waals surface area contributed by atoms with Crippen molar-refractivity contribution in [2.75, 3.05) is 39.6 Å². The first-order chi connectivity index (χ1) is 27.0. The fraction of sp³-hybridized carbons (Fsp3) is 1.00. The Morgan fingerprint density at radius 2 is 0.632 bits per heavy atom. The average molecular weight is 841 g/mol. The van der Waals surface area contributed by atoms with Gasteiger partial charge in [0.2, 0.25) is 0 Å². The molecule has 0 aliphatic carbocycles. The van der Waals surface area contributed by atoms with E-state index in [9.17, 15) is 76.6 Å². The molecule has 6 fully saturated rings. The van der Waals surface area contributed by atoms with E-state index < -0.39 is 193 Å². The van der Waals surface area contributed by atoms with Crippen LogP contribution in [-0.4, -0.2) is 270 Å². The van der Waals surface area contributed by atoms with E-state index in [1.165, 1.54) is 0 Å². The van der Waals surface area contributed by atoms with E-state index in [0.717, 1.165) is 0 Å². The van der Waals surface area contributed by atoms with Crippen molar-refractivity contribution in [3.8, 4) is 0 Å². The minimum atomic E-state index is -1.95. The monoisotopic (exact) mass is 840 g/mol. The summed E-state index contributed by atoms with van der Waals surface area (Å²) in [5.74, 6) is 0. The van der Waals surface area contributed by atoms with Crippen LogP contribution in [0.15, 0.2) is 0 Å². The predicted molar refractivity (Wildman–Crippen MR) is 169 cm³/mol. The third-order valence-electron chi connectivity index (χ3n) is 10.5. The van der Waals surface area contributed by atoms with E-state index in [2.05, 4.69) is 0 Å². The first kappa shape index (κ1) is 45.5. The van der Waals surface area contributed by atoms with Crippen LogP contribution in [0.25, 0.3) is 0 Å². The molecule has 0 aromatic heterocycles. The van der Waals surface area contributed by atoms with E-state index in [1.54, 1.807) is 0 Å². The van der Waals surface area contributed by atoms with Gasteiger partial charge in [-0.25, -0.2) is 0 Å². The van der Waals surface area contributed by atoms with E-state index in [4.69, 9.17) is 52.1 Å². The highest BCUT2D eigenvalue weighted by molar-refractivity contribution is 4.95. The molecule has 6 aliphatic heterocycles. The minimum Gasteiger partial charge on any atom is -0.394 e. The molecule has 0 saturated carbocycles. The lowest BCUT2D eigenvalue weighted by Gasteiger charge is -2.48. The maximum Gasteiger partial charge on any atom is 0.187 e. The topological polar surface area (TPSA) is 405 Å². The van der Waals surface area contributed by atoms with Gasteiger partial charge in [0.25, 0.3) is 0 Å². The number of hydrogen-bond donors (Lipinski definition) is 15. The molecule has 0 radical (unpaired) electrons. The summed E-state index contributed by atoms with van der Waals surface area (Å²) in [5, 5.41) is 157. The van der Waals surface area contributed by atoms with Gasteiger partial charge in [0, 0.05) is 0 Å². The minimum absolute atomic E-state index is 0.498. The molecule has 332 valence electrons. The van der Waals surface area contributed by atoms with Crippen LogP contribution < -0.4 is 0 Å². The lowest BCUT2D eigenvalue weighted by Crippen LogP contribution is -2.65. The van der Waals surface area contributed by atoms with Gasteiger partial charge in [-0.05, 0) is 0 Å². The Bertz CT molecular complexity index is 1260. The third-order valence-corrected chi connectivity index (χ3v) is 10.5. The van der Waals surface area contributed by atoms with Crippen LogP contribution in [0.1, 0.15) is 0 Å². The molecular formula is C31H52O26. The Kier molecular flexibility index (Phi) is 15.4. The standard InChI is InChI=1S/C31H52O26/c32-1-12-18(43)19(44)21(26(46)52-12)53-28-23(15(40)9(35)3-48-28)55-30-25(17(42)11(37)5-50-30)57-31-24(16(41)10(36)6-51-31)56-29-22(14(39)8(34)4-49-29)54-27-20(45)13(38)7(33)2-47-27/h7-46H,1-6H2. The molecule has 0 aromatic rings. The van der Waals surface area contributed by atoms with Gasteiger partial charge in [0.15, 0.2) is 37.7 Å². The summed E-state index contributed by atoms with van der Waals surface area (Å²) in [5.41, 5.74) is 0. The zero-order valence-corrected chi connectivity index (χ0v) is 29.9. The molecule has 26 nitrogen and oxygen atoms in total. The van der Waals surface area contributed by atoms with Gasteiger partial charge < -0.3 is 129 Å². The summed E-state index contributed by atoms with van der Waals surface area (Å²) < 4.78 is 61.4. The van der Waals surface area contributed by atoms with E-state index in [0.29, 0.717) is 0 Å². The fourth-order valence-electron chi connectivity index (χ4n) is 7.00. The zero-order chi connectivity index (χ0) is 41.5. The molecule has 26 heteroatoms. The lowest BCUT2D eigenvalue weighted by molar-refractivity contribution is -0.398. The predicted octanol–water partition coefficient (Wildman–Crippen LogP) is -10.9. The maximum absolute atomic E-state index is 11.1. The summed E-state index contributed by atoms with van der Waals surface area (Å²) in [7, 11) is 0. The Morgan fingerprint density at radius 3 is 0.982 bits per heavy atom. The molecule has 0 aromatic carbocycles. The quantitative estimate of drug-likeness (QED) is 0.0918. The summed E-state index contributed by atoms with van der Waals surface area (Å²) in [4.78, 5) is 0. The second-order valence-corrected chi connectivity index (χ2v) is 14.5. The first-order valence-corrected chi connectivity index (χ1v) is 18.2. The van der Waals surface area contributed by atoms with Crippen LogP contribution in [0.4, 0.5) is 0 Å². The van der Waals surface area contributed by atoms with Crippen molar-refractivity contribution in [3.05, 3.63) is 0 Å². The van der Waals surface area contributed by atoms with E-state index in [1.807, 2.05) is 0 Å². The van der Waals surface area contributed by atoms with Crippen molar-refractivity contribution >= 4 is 0 Å².